The van der Waals surface area contributed by atoms with Crippen molar-refractivity contribution in [3.05, 3.63) is 52.5 Å². The maximum atomic E-state index is 9.28. The first-order valence-corrected chi connectivity index (χ1v) is 6.83. The lowest BCUT2D eigenvalue weighted by molar-refractivity contribution is 0.432. The van der Waals surface area contributed by atoms with Crippen molar-refractivity contribution in [2.75, 3.05) is 0 Å². The summed E-state index contributed by atoms with van der Waals surface area (Å²) in [5.41, 5.74) is 2.76. The second kappa shape index (κ2) is 5.09. The number of halogens is 1. The highest BCUT2D eigenvalue weighted by atomic mass is 79.9. The van der Waals surface area contributed by atoms with E-state index in [2.05, 4.69) is 26.1 Å². The summed E-state index contributed by atoms with van der Waals surface area (Å²) in [5.74, 6) is 1.16. The number of rotatable bonds is 2. The first kappa shape index (κ1) is 12.9. The van der Waals surface area contributed by atoms with Crippen molar-refractivity contribution in [1.82, 2.24) is 10.1 Å². The van der Waals surface area contributed by atoms with Gasteiger partial charge in [0.15, 0.2) is 0 Å². The third-order valence-electron chi connectivity index (χ3n) is 2.97. The van der Waals surface area contributed by atoms with Crippen LogP contribution in [0.15, 0.2) is 51.5 Å². The van der Waals surface area contributed by atoms with Crippen molar-refractivity contribution < 1.29 is 9.63 Å². The molecule has 1 aromatic heterocycles. The highest BCUT2D eigenvalue weighted by Gasteiger charge is 2.14. The standard InChI is InChI=1S/C15H11BrN2O2/c1-9-3-2-4-12(13(9)16)15-17-14(18-20-15)10-5-7-11(19)8-6-10/h2-8,19H,1H3. The summed E-state index contributed by atoms with van der Waals surface area (Å²) in [5, 5.41) is 13.3. The zero-order chi connectivity index (χ0) is 14.1. The number of phenolic OH excluding ortho intramolecular Hbond substituents is 1. The summed E-state index contributed by atoms with van der Waals surface area (Å²) in [6.45, 7) is 2.00. The van der Waals surface area contributed by atoms with E-state index in [-0.39, 0.29) is 5.75 Å². The maximum Gasteiger partial charge on any atom is 0.259 e. The van der Waals surface area contributed by atoms with Crippen LogP contribution in [0, 0.1) is 6.92 Å². The molecule has 0 atom stereocenters. The van der Waals surface area contributed by atoms with Crippen LogP contribution in [0.2, 0.25) is 0 Å². The van der Waals surface area contributed by atoms with Crippen molar-refractivity contribution >= 4 is 15.9 Å². The summed E-state index contributed by atoms with van der Waals surface area (Å²) in [7, 11) is 0. The topological polar surface area (TPSA) is 59.2 Å². The normalized spacial score (nSPS) is 10.7. The molecule has 1 N–H and O–H groups in total. The lowest BCUT2D eigenvalue weighted by Gasteiger charge is -2.01. The molecular weight excluding hydrogens is 320 g/mol. The number of hydrogen-bond donors (Lipinski definition) is 1. The third-order valence-corrected chi connectivity index (χ3v) is 4.03. The number of aromatic hydroxyl groups is 1. The molecule has 0 fully saturated rings. The zero-order valence-corrected chi connectivity index (χ0v) is 12.3. The fourth-order valence-corrected chi connectivity index (χ4v) is 2.31. The quantitative estimate of drug-likeness (QED) is 0.765. The largest absolute Gasteiger partial charge is 0.508 e. The van der Waals surface area contributed by atoms with E-state index in [1.165, 1.54) is 0 Å². The van der Waals surface area contributed by atoms with Gasteiger partial charge in [-0.15, -0.1) is 0 Å². The van der Waals surface area contributed by atoms with Gasteiger partial charge in [0.05, 0.1) is 5.56 Å². The van der Waals surface area contributed by atoms with E-state index in [1.807, 2.05) is 25.1 Å². The summed E-state index contributed by atoms with van der Waals surface area (Å²) < 4.78 is 6.26. The minimum Gasteiger partial charge on any atom is -0.508 e. The minimum atomic E-state index is 0.207. The van der Waals surface area contributed by atoms with Crippen molar-refractivity contribution in [2.45, 2.75) is 6.92 Å². The molecule has 1 heterocycles. The van der Waals surface area contributed by atoms with E-state index >= 15 is 0 Å². The van der Waals surface area contributed by atoms with Gasteiger partial charge in [-0.25, -0.2) is 0 Å². The number of aromatic nitrogens is 2. The monoisotopic (exact) mass is 330 g/mol. The Labute approximate surface area is 124 Å². The van der Waals surface area contributed by atoms with Crippen LogP contribution in [-0.4, -0.2) is 15.2 Å². The molecule has 0 aliphatic rings. The molecule has 3 aromatic rings. The highest BCUT2D eigenvalue weighted by molar-refractivity contribution is 9.10. The van der Waals surface area contributed by atoms with Gasteiger partial charge in [-0.2, -0.15) is 4.98 Å². The molecule has 0 bridgehead atoms. The maximum absolute atomic E-state index is 9.28. The zero-order valence-electron chi connectivity index (χ0n) is 10.7. The van der Waals surface area contributed by atoms with Crippen LogP contribution in [-0.2, 0) is 0 Å². The van der Waals surface area contributed by atoms with E-state index in [9.17, 15) is 5.11 Å². The average molecular weight is 331 g/mol. The van der Waals surface area contributed by atoms with Gasteiger partial charge in [-0.3, -0.25) is 0 Å². The number of hydrogen-bond acceptors (Lipinski definition) is 4. The smallest absolute Gasteiger partial charge is 0.259 e. The van der Waals surface area contributed by atoms with Crippen molar-refractivity contribution in [2.24, 2.45) is 0 Å². The Morgan fingerprint density at radius 1 is 1.10 bits per heavy atom. The first-order valence-electron chi connectivity index (χ1n) is 6.04. The molecule has 0 spiro atoms. The Bertz CT molecular complexity index is 751. The Kier molecular flexibility index (Phi) is 3.28. The number of phenols is 1. The summed E-state index contributed by atoms with van der Waals surface area (Å²) in [6, 6.07) is 12.5. The van der Waals surface area contributed by atoms with Gasteiger partial charge in [0.25, 0.3) is 5.89 Å². The molecule has 2 aromatic carbocycles. The second-order valence-electron chi connectivity index (χ2n) is 4.41. The Morgan fingerprint density at radius 2 is 1.85 bits per heavy atom. The van der Waals surface area contributed by atoms with Gasteiger partial charge >= 0.3 is 0 Å². The number of nitrogens with zero attached hydrogens (tertiary/aromatic N) is 2. The Morgan fingerprint density at radius 3 is 2.60 bits per heavy atom. The molecular formula is C15H11BrN2O2. The van der Waals surface area contributed by atoms with Crippen LogP contribution < -0.4 is 0 Å². The SMILES string of the molecule is Cc1cccc(-c2nc(-c3ccc(O)cc3)no2)c1Br. The Balaban J connectivity index is 2.02. The molecule has 5 heteroatoms. The van der Waals surface area contributed by atoms with E-state index < -0.39 is 0 Å². The van der Waals surface area contributed by atoms with E-state index in [1.54, 1.807) is 24.3 Å². The van der Waals surface area contributed by atoms with Crippen LogP contribution in [0.4, 0.5) is 0 Å². The number of benzene rings is 2. The van der Waals surface area contributed by atoms with Crippen LogP contribution in [0.1, 0.15) is 5.56 Å². The van der Waals surface area contributed by atoms with Gasteiger partial charge in [0.2, 0.25) is 5.82 Å². The van der Waals surface area contributed by atoms with Crippen LogP contribution in [0.25, 0.3) is 22.8 Å². The average Bonchev–Trinajstić information content (AvgIpc) is 2.92. The van der Waals surface area contributed by atoms with E-state index in [0.29, 0.717) is 11.7 Å². The van der Waals surface area contributed by atoms with Crippen LogP contribution >= 0.6 is 15.9 Å². The van der Waals surface area contributed by atoms with Crippen molar-refractivity contribution in [3.63, 3.8) is 0 Å². The molecule has 100 valence electrons. The molecule has 0 unspecified atom stereocenters. The van der Waals surface area contributed by atoms with Gasteiger partial charge in [-0.05, 0) is 58.7 Å². The Hall–Kier alpha value is -2.14. The molecule has 20 heavy (non-hydrogen) atoms. The summed E-state index contributed by atoms with van der Waals surface area (Å²) in [6.07, 6.45) is 0. The summed E-state index contributed by atoms with van der Waals surface area (Å²) in [4.78, 5) is 4.39. The van der Waals surface area contributed by atoms with Crippen molar-refractivity contribution in [3.8, 4) is 28.6 Å². The van der Waals surface area contributed by atoms with Crippen molar-refractivity contribution in [1.29, 1.82) is 0 Å². The molecule has 0 aliphatic heterocycles. The minimum absolute atomic E-state index is 0.207. The van der Waals surface area contributed by atoms with E-state index in [4.69, 9.17) is 4.52 Å². The first-order chi connectivity index (χ1) is 9.65. The predicted octanol–water partition coefficient (Wildman–Crippen LogP) is 4.18. The molecule has 3 rings (SSSR count). The molecule has 0 amide bonds. The van der Waals surface area contributed by atoms with Gasteiger partial charge in [0.1, 0.15) is 5.75 Å². The fourth-order valence-electron chi connectivity index (χ4n) is 1.87. The predicted molar refractivity (Wildman–Crippen MR) is 79.3 cm³/mol. The second-order valence-corrected chi connectivity index (χ2v) is 5.20. The van der Waals surface area contributed by atoms with Gasteiger partial charge < -0.3 is 9.63 Å². The molecule has 0 radical (unpaired) electrons. The van der Waals surface area contributed by atoms with Gasteiger partial charge in [-0.1, -0.05) is 17.3 Å². The fraction of sp³-hybridized carbons (Fsp3) is 0.0667. The lowest BCUT2D eigenvalue weighted by Crippen LogP contribution is -1.84. The molecule has 0 aliphatic carbocycles. The molecule has 0 saturated carbocycles. The number of aryl methyl sites for hydroxylation is 1. The van der Waals surface area contributed by atoms with Crippen LogP contribution in [0.3, 0.4) is 0 Å². The van der Waals surface area contributed by atoms with Gasteiger partial charge in [0, 0.05) is 10.0 Å². The van der Waals surface area contributed by atoms with E-state index in [0.717, 1.165) is 21.2 Å². The van der Waals surface area contributed by atoms with Crippen LogP contribution in [0.5, 0.6) is 5.75 Å². The molecule has 4 nitrogen and oxygen atoms in total. The third kappa shape index (κ3) is 2.32. The highest BCUT2D eigenvalue weighted by Crippen LogP contribution is 2.31. The molecule has 0 saturated heterocycles. The lowest BCUT2D eigenvalue weighted by atomic mass is 10.1. The summed E-state index contributed by atoms with van der Waals surface area (Å²) >= 11 is 3.53.